The molecule has 4 aromatic rings. The molecule has 1 aromatic heterocycles. The summed E-state index contributed by atoms with van der Waals surface area (Å²) in [5.74, 6) is 2.06. The van der Waals surface area contributed by atoms with Gasteiger partial charge in [-0.25, -0.2) is 5.43 Å². The lowest BCUT2D eigenvalue weighted by atomic mass is 9.90. The van der Waals surface area contributed by atoms with Gasteiger partial charge >= 0.3 is 0 Å². The molecule has 194 valence electrons. The smallest absolute Gasteiger partial charge is 0.250 e. The van der Waals surface area contributed by atoms with E-state index in [9.17, 15) is 0 Å². The zero-order valence-electron chi connectivity index (χ0n) is 21.1. The molecule has 3 aromatic carbocycles. The van der Waals surface area contributed by atoms with Crippen molar-refractivity contribution in [2.45, 2.75) is 26.2 Å². The lowest BCUT2D eigenvalue weighted by Gasteiger charge is -2.32. The van der Waals surface area contributed by atoms with Crippen LogP contribution < -0.4 is 15.6 Å². The van der Waals surface area contributed by atoms with Crippen molar-refractivity contribution in [1.82, 2.24) is 15.0 Å². The maximum absolute atomic E-state index is 6.27. The van der Waals surface area contributed by atoms with E-state index >= 15 is 0 Å². The number of halogens is 2. The lowest BCUT2D eigenvalue weighted by molar-refractivity contribution is 0.400. The Morgan fingerprint density at radius 1 is 0.921 bits per heavy atom. The Morgan fingerprint density at radius 2 is 1.66 bits per heavy atom. The number of aryl methyl sites for hydroxylation is 1. The van der Waals surface area contributed by atoms with Crippen LogP contribution >= 0.6 is 23.2 Å². The standard InChI is InChI=1S/C29H29Cl2N7/c1-20-7-11-25(12-8-20)33-27-34-28(37-32-19-23-9-10-24(30)18-26(23)31)36-29(35-27)38-15-13-22(14-16-38)17-21-5-3-2-4-6-21/h2-12,18-19,22H,13-17H2,1H3,(H2,33,34,35,36,37)/b32-19+. The molecule has 0 atom stereocenters. The number of nitrogens with one attached hydrogen (secondary N) is 2. The quantitative estimate of drug-likeness (QED) is 0.181. The molecular weight excluding hydrogens is 517 g/mol. The van der Waals surface area contributed by atoms with E-state index < -0.39 is 0 Å². The predicted molar refractivity (Wildman–Crippen MR) is 157 cm³/mol. The Kier molecular flexibility index (Phi) is 8.36. The van der Waals surface area contributed by atoms with E-state index in [1.807, 2.05) is 24.3 Å². The SMILES string of the molecule is Cc1ccc(Nc2nc(N/N=C/c3ccc(Cl)cc3Cl)nc(N3CCC(Cc4ccccc4)CC3)n2)cc1. The molecule has 1 saturated heterocycles. The van der Waals surface area contributed by atoms with Crippen LogP contribution in [0.2, 0.25) is 10.0 Å². The molecule has 0 spiro atoms. The highest BCUT2D eigenvalue weighted by Crippen LogP contribution is 2.26. The number of aromatic nitrogens is 3. The van der Waals surface area contributed by atoms with Gasteiger partial charge in [0.05, 0.1) is 11.2 Å². The van der Waals surface area contributed by atoms with Gasteiger partial charge in [0.25, 0.3) is 0 Å². The highest BCUT2D eigenvalue weighted by atomic mass is 35.5. The zero-order valence-corrected chi connectivity index (χ0v) is 22.6. The Labute approximate surface area is 233 Å². The largest absolute Gasteiger partial charge is 0.341 e. The molecule has 1 aliphatic rings. The fourth-order valence-corrected chi connectivity index (χ4v) is 4.89. The Hall–Kier alpha value is -3.68. The monoisotopic (exact) mass is 545 g/mol. The summed E-state index contributed by atoms with van der Waals surface area (Å²) >= 11 is 12.3. The average molecular weight is 547 g/mol. The van der Waals surface area contributed by atoms with Crippen LogP contribution in [0.3, 0.4) is 0 Å². The van der Waals surface area contributed by atoms with Gasteiger partial charge in [-0.3, -0.25) is 0 Å². The number of benzene rings is 3. The van der Waals surface area contributed by atoms with Crippen molar-refractivity contribution in [1.29, 1.82) is 0 Å². The first kappa shape index (κ1) is 25.9. The van der Waals surface area contributed by atoms with Gasteiger partial charge in [0.15, 0.2) is 0 Å². The number of rotatable bonds is 8. The number of hydrazone groups is 1. The lowest BCUT2D eigenvalue weighted by Crippen LogP contribution is -2.35. The fourth-order valence-electron chi connectivity index (χ4n) is 4.43. The third kappa shape index (κ3) is 7.00. The molecule has 2 N–H and O–H groups in total. The Balaban J connectivity index is 1.32. The molecule has 5 rings (SSSR count). The zero-order chi connectivity index (χ0) is 26.3. The van der Waals surface area contributed by atoms with Crippen molar-refractivity contribution < 1.29 is 0 Å². The summed E-state index contributed by atoms with van der Waals surface area (Å²) in [5.41, 5.74) is 7.15. The first-order valence-corrected chi connectivity index (χ1v) is 13.4. The summed E-state index contributed by atoms with van der Waals surface area (Å²) in [6.45, 7) is 3.82. The minimum Gasteiger partial charge on any atom is -0.341 e. The van der Waals surface area contributed by atoms with Gasteiger partial charge < -0.3 is 10.2 Å². The molecule has 2 heterocycles. The first-order valence-electron chi connectivity index (χ1n) is 12.6. The minimum absolute atomic E-state index is 0.345. The number of hydrogen-bond donors (Lipinski definition) is 2. The summed E-state index contributed by atoms with van der Waals surface area (Å²) in [6, 6.07) is 24.0. The van der Waals surface area contributed by atoms with E-state index in [2.05, 4.69) is 68.0 Å². The van der Waals surface area contributed by atoms with Crippen molar-refractivity contribution in [3.05, 3.63) is 99.5 Å². The second-order valence-electron chi connectivity index (χ2n) is 9.43. The predicted octanol–water partition coefficient (Wildman–Crippen LogP) is 7.14. The third-order valence-corrected chi connectivity index (χ3v) is 7.09. The number of hydrogen-bond acceptors (Lipinski definition) is 7. The van der Waals surface area contributed by atoms with E-state index in [-0.39, 0.29) is 0 Å². The molecule has 7 nitrogen and oxygen atoms in total. The second-order valence-corrected chi connectivity index (χ2v) is 10.3. The van der Waals surface area contributed by atoms with E-state index in [1.54, 1.807) is 24.4 Å². The van der Waals surface area contributed by atoms with Crippen LogP contribution in [0.15, 0.2) is 77.9 Å². The molecule has 0 saturated carbocycles. The molecule has 0 radical (unpaired) electrons. The maximum Gasteiger partial charge on any atom is 0.250 e. The topological polar surface area (TPSA) is 78.3 Å². The molecule has 0 amide bonds. The molecular formula is C29H29Cl2N7. The first-order chi connectivity index (χ1) is 18.5. The van der Waals surface area contributed by atoms with E-state index in [4.69, 9.17) is 28.2 Å². The summed E-state index contributed by atoms with van der Waals surface area (Å²) in [7, 11) is 0. The van der Waals surface area contributed by atoms with Crippen LogP contribution in [0.25, 0.3) is 0 Å². The van der Waals surface area contributed by atoms with Crippen LogP contribution in [0.4, 0.5) is 23.5 Å². The summed E-state index contributed by atoms with van der Waals surface area (Å²) in [5, 5.41) is 8.69. The molecule has 38 heavy (non-hydrogen) atoms. The van der Waals surface area contributed by atoms with Gasteiger partial charge in [-0.15, -0.1) is 0 Å². The van der Waals surface area contributed by atoms with Gasteiger partial charge in [0, 0.05) is 29.4 Å². The van der Waals surface area contributed by atoms with Gasteiger partial charge in [0.2, 0.25) is 17.8 Å². The Bertz CT molecular complexity index is 1390. The second kappa shape index (κ2) is 12.2. The van der Waals surface area contributed by atoms with Crippen molar-refractivity contribution in [2.24, 2.45) is 11.0 Å². The summed E-state index contributed by atoms with van der Waals surface area (Å²) in [6.07, 6.45) is 4.87. The molecule has 1 aliphatic heterocycles. The normalized spacial score (nSPS) is 14.1. The molecule has 0 unspecified atom stereocenters. The molecule has 0 aliphatic carbocycles. The number of piperidine rings is 1. The van der Waals surface area contributed by atoms with E-state index in [0.717, 1.165) is 43.6 Å². The fraction of sp³-hybridized carbons (Fsp3) is 0.241. The average Bonchev–Trinajstić information content (AvgIpc) is 2.92. The van der Waals surface area contributed by atoms with Gasteiger partial charge in [-0.05, 0) is 61.9 Å². The van der Waals surface area contributed by atoms with Gasteiger partial charge in [-0.1, -0.05) is 77.3 Å². The number of anilines is 4. The maximum atomic E-state index is 6.27. The van der Waals surface area contributed by atoms with Crippen molar-refractivity contribution >= 4 is 52.9 Å². The van der Waals surface area contributed by atoms with Crippen LogP contribution in [0.1, 0.15) is 29.5 Å². The number of nitrogens with zero attached hydrogens (tertiary/aromatic N) is 5. The molecule has 9 heteroatoms. The van der Waals surface area contributed by atoms with Gasteiger partial charge in [-0.2, -0.15) is 20.1 Å². The van der Waals surface area contributed by atoms with Crippen molar-refractivity contribution in [3.63, 3.8) is 0 Å². The van der Waals surface area contributed by atoms with Crippen molar-refractivity contribution in [3.8, 4) is 0 Å². The van der Waals surface area contributed by atoms with Crippen LogP contribution in [-0.2, 0) is 6.42 Å². The van der Waals surface area contributed by atoms with Crippen LogP contribution in [0, 0.1) is 12.8 Å². The minimum atomic E-state index is 0.345. The van der Waals surface area contributed by atoms with Crippen molar-refractivity contribution in [2.75, 3.05) is 28.7 Å². The Morgan fingerprint density at radius 3 is 2.39 bits per heavy atom. The highest BCUT2D eigenvalue weighted by molar-refractivity contribution is 6.36. The van der Waals surface area contributed by atoms with E-state index in [1.165, 1.54) is 11.1 Å². The summed E-state index contributed by atoms with van der Waals surface area (Å²) in [4.78, 5) is 16.2. The van der Waals surface area contributed by atoms with Gasteiger partial charge in [0.1, 0.15) is 0 Å². The van der Waals surface area contributed by atoms with Crippen LogP contribution in [0.5, 0.6) is 0 Å². The molecule has 0 bridgehead atoms. The third-order valence-electron chi connectivity index (χ3n) is 6.53. The van der Waals surface area contributed by atoms with Crippen LogP contribution in [-0.4, -0.2) is 34.3 Å². The molecule has 1 fully saturated rings. The highest BCUT2D eigenvalue weighted by Gasteiger charge is 2.22. The summed E-state index contributed by atoms with van der Waals surface area (Å²) < 4.78 is 0. The van der Waals surface area contributed by atoms with E-state index in [0.29, 0.717) is 33.8 Å².